The van der Waals surface area contributed by atoms with Crippen LogP contribution in [0.25, 0.3) is 10.9 Å². The first-order valence-corrected chi connectivity index (χ1v) is 7.89. The number of nitrogens with zero attached hydrogens (tertiary/aromatic N) is 2. The van der Waals surface area contributed by atoms with Crippen LogP contribution >= 0.6 is 11.6 Å². The lowest BCUT2D eigenvalue weighted by atomic mass is 9.98. The molecule has 0 N–H and O–H groups in total. The Bertz CT molecular complexity index is 636. The Kier molecular flexibility index (Phi) is 4.32. The largest absolute Gasteiger partial charge is 0.494 e. The third-order valence-electron chi connectivity index (χ3n) is 4.35. The predicted octanol–water partition coefficient (Wildman–Crippen LogP) is 4.13. The molecule has 2 aromatic rings. The molecule has 0 spiro atoms. The molecule has 112 valence electrons. The maximum atomic E-state index is 6.21. The molecule has 1 aliphatic heterocycles. The number of fused-ring (bicyclic) bond motifs is 1. The lowest BCUT2D eigenvalue weighted by molar-refractivity contribution is 0.186. The molecule has 0 radical (unpaired) electrons. The first kappa shape index (κ1) is 14.6. The number of hydrogen-bond acceptors (Lipinski definition) is 3. The van der Waals surface area contributed by atoms with Gasteiger partial charge in [-0.2, -0.15) is 0 Å². The number of ether oxygens (including phenoxy) is 1. The molecule has 1 aliphatic rings. The van der Waals surface area contributed by atoms with Crippen molar-refractivity contribution < 1.29 is 4.74 Å². The summed E-state index contributed by atoms with van der Waals surface area (Å²) in [6.07, 6.45) is 2.56. The summed E-state index contributed by atoms with van der Waals surface area (Å²) in [5, 5.41) is 1.67. The van der Waals surface area contributed by atoms with Gasteiger partial charge in [-0.15, -0.1) is 0 Å². The topological polar surface area (TPSA) is 25.4 Å². The van der Waals surface area contributed by atoms with E-state index in [9.17, 15) is 0 Å². The van der Waals surface area contributed by atoms with Gasteiger partial charge in [-0.3, -0.25) is 4.90 Å². The van der Waals surface area contributed by atoms with E-state index < -0.39 is 0 Å². The number of rotatable bonds is 3. The number of benzene rings is 1. The second-order valence-corrected chi connectivity index (χ2v) is 6.31. The van der Waals surface area contributed by atoms with Gasteiger partial charge in [-0.25, -0.2) is 4.98 Å². The van der Waals surface area contributed by atoms with Gasteiger partial charge in [0.25, 0.3) is 0 Å². The number of para-hydroxylation sites is 1. The Morgan fingerprint density at radius 2 is 2.10 bits per heavy atom. The fourth-order valence-corrected chi connectivity index (χ4v) is 3.23. The van der Waals surface area contributed by atoms with E-state index in [1.165, 1.54) is 18.4 Å². The SMILES string of the molecule is COc1cccc2c(CN3CCC(C)CC3)cc(Cl)nc12. The van der Waals surface area contributed by atoms with E-state index in [1.54, 1.807) is 7.11 Å². The number of aromatic nitrogens is 1. The highest BCUT2D eigenvalue weighted by molar-refractivity contribution is 6.30. The lowest BCUT2D eigenvalue weighted by Crippen LogP contribution is -2.32. The van der Waals surface area contributed by atoms with Gasteiger partial charge in [0.2, 0.25) is 0 Å². The minimum atomic E-state index is 0.535. The maximum absolute atomic E-state index is 6.21. The molecule has 0 bridgehead atoms. The molecular weight excluding hydrogens is 284 g/mol. The molecule has 2 heterocycles. The highest BCUT2D eigenvalue weighted by atomic mass is 35.5. The summed E-state index contributed by atoms with van der Waals surface area (Å²) < 4.78 is 5.41. The van der Waals surface area contributed by atoms with Crippen LogP contribution in [0.4, 0.5) is 0 Å². The highest BCUT2D eigenvalue weighted by Gasteiger charge is 2.17. The van der Waals surface area contributed by atoms with Crippen molar-refractivity contribution in [1.29, 1.82) is 0 Å². The van der Waals surface area contributed by atoms with Crippen molar-refractivity contribution >= 4 is 22.5 Å². The van der Waals surface area contributed by atoms with Gasteiger partial charge in [-0.1, -0.05) is 30.7 Å². The average molecular weight is 305 g/mol. The van der Waals surface area contributed by atoms with Crippen molar-refractivity contribution in [3.8, 4) is 5.75 Å². The first-order valence-electron chi connectivity index (χ1n) is 7.52. The van der Waals surface area contributed by atoms with Crippen LogP contribution in [-0.4, -0.2) is 30.1 Å². The molecule has 1 fully saturated rings. The van der Waals surface area contributed by atoms with E-state index in [0.29, 0.717) is 5.15 Å². The van der Waals surface area contributed by atoms with Crippen molar-refractivity contribution in [3.63, 3.8) is 0 Å². The lowest BCUT2D eigenvalue weighted by Gasteiger charge is -2.30. The molecule has 4 heteroatoms. The summed E-state index contributed by atoms with van der Waals surface area (Å²) in [5.41, 5.74) is 2.09. The normalized spacial score (nSPS) is 17.3. The minimum Gasteiger partial charge on any atom is -0.494 e. The maximum Gasteiger partial charge on any atom is 0.145 e. The summed E-state index contributed by atoms with van der Waals surface area (Å²) in [7, 11) is 1.67. The molecule has 1 aromatic carbocycles. The number of methoxy groups -OCH3 is 1. The van der Waals surface area contributed by atoms with Crippen LogP contribution in [0.15, 0.2) is 24.3 Å². The molecule has 3 rings (SSSR count). The van der Waals surface area contributed by atoms with E-state index in [0.717, 1.165) is 42.2 Å². The number of hydrogen-bond donors (Lipinski definition) is 0. The van der Waals surface area contributed by atoms with Crippen LogP contribution in [0.1, 0.15) is 25.3 Å². The summed E-state index contributed by atoms with van der Waals surface area (Å²) in [4.78, 5) is 6.94. The van der Waals surface area contributed by atoms with Crippen LogP contribution in [0.3, 0.4) is 0 Å². The molecule has 0 saturated carbocycles. The van der Waals surface area contributed by atoms with Gasteiger partial charge in [0.1, 0.15) is 16.4 Å². The van der Waals surface area contributed by atoms with E-state index in [-0.39, 0.29) is 0 Å². The third-order valence-corrected chi connectivity index (χ3v) is 4.54. The molecule has 21 heavy (non-hydrogen) atoms. The van der Waals surface area contributed by atoms with Crippen molar-refractivity contribution in [1.82, 2.24) is 9.88 Å². The van der Waals surface area contributed by atoms with Crippen molar-refractivity contribution in [2.45, 2.75) is 26.3 Å². The van der Waals surface area contributed by atoms with Gasteiger partial charge in [-0.05, 0) is 49.5 Å². The zero-order valence-corrected chi connectivity index (χ0v) is 13.4. The zero-order valence-electron chi connectivity index (χ0n) is 12.6. The molecule has 3 nitrogen and oxygen atoms in total. The highest BCUT2D eigenvalue weighted by Crippen LogP contribution is 2.29. The average Bonchev–Trinajstić information content (AvgIpc) is 2.49. The van der Waals surface area contributed by atoms with E-state index in [4.69, 9.17) is 16.3 Å². The number of pyridine rings is 1. The third kappa shape index (κ3) is 3.14. The Morgan fingerprint density at radius 1 is 1.33 bits per heavy atom. The number of piperidine rings is 1. The standard InChI is InChI=1S/C17H21ClN2O/c1-12-6-8-20(9-7-12)11-13-10-16(18)19-17-14(13)4-3-5-15(17)21-2/h3-5,10,12H,6-9,11H2,1-2H3. The summed E-state index contributed by atoms with van der Waals surface area (Å²) >= 11 is 6.21. The second kappa shape index (κ2) is 6.20. The van der Waals surface area contributed by atoms with Crippen LogP contribution in [-0.2, 0) is 6.54 Å². The molecule has 1 saturated heterocycles. The first-order chi connectivity index (χ1) is 10.2. The Morgan fingerprint density at radius 3 is 2.81 bits per heavy atom. The monoisotopic (exact) mass is 304 g/mol. The van der Waals surface area contributed by atoms with Crippen LogP contribution in [0, 0.1) is 5.92 Å². The van der Waals surface area contributed by atoms with Gasteiger partial charge in [0.15, 0.2) is 0 Å². The van der Waals surface area contributed by atoms with Crippen LogP contribution in [0.5, 0.6) is 5.75 Å². The predicted molar refractivity (Wildman–Crippen MR) is 87.0 cm³/mol. The van der Waals surface area contributed by atoms with Crippen molar-refractivity contribution in [2.75, 3.05) is 20.2 Å². The molecular formula is C17H21ClN2O. The van der Waals surface area contributed by atoms with Crippen LogP contribution in [0.2, 0.25) is 5.15 Å². The Balaban J connectivity index is 1.94. The van der Waals surface area contributed by atoms with Gasteiger partial charge in [0.05, 0.1) is 7.11 Å². The minimum absolute atomic E-state index is 0.535. The summed E-state index contributed by atoms with van der Waals surface area (Å²) in [6, 6.07) is 8.03. The number of likely N-dealkylation sites (tertiary alicyclic amines) is 1. The van der Waals surface area contributed by atoms with Crippen molar-refractivity contribution in [3.05, 3.63) is 35.0 Å². The van der Waals surface area contributed by atoms with E-state index in [1.807, 2.05) is 18.2 Å². The van der Waals surface area contributed by atoms with Gasteiger partial charge < -0.3 is 4.74 Å². The zero-order chi connectivity index (χ0) is 14.8. The molecule has 0 unspecified atom stereocenters. The number of halogens is 1. The fourth-order valence-electron chi connectivity index (χ4n) is 3.01. The molecule has 0 aliphatic carbocycles. The Labute approximate surface area is 130 Å². The smallest absolute Gasteiger partial charge is 0.145 e. The van der Waals surface area contributed by atoms with Crippen molar-refractivity contribution in [2.24, 2.45) is 5.92 Å². The Hall–Kier alpha value is -1.32. The molecule has 0 atom stereocenters. The summed E-state index contributed by atoms with van der Waals surface area (Å²) in [6.45, 7) is 5.58. The van der Waals surface area contributed by atoms with Gasteiger partial charge >= 0.3 is 0 Å². The molecule has 1 aromatic heterocycles. The van der Waals surface area contributed by atoms with E-state index >= 15 is 0 Å². The molecule has 0 amide bonds. The quantitative estimate of drug-likeness (QED) is 0.797. The van der Waals surface area contributed by atoms with Gasteiger partial charge in [0, 0.05) is 11.9 Å². The van der Waals surface area contributed by atoms with E-state index in [2.05, 4.69) is 22.9 Å². The fraction of sp³-hybridized carbons (Fsp3) is 0.471. The summed E-state index contributed by atoms with van der Waals surface area (Å²) in [5.74, 6) is 1.63. The second-order valence-electron chi connectivity index (χ2n) is 5.92. The van der Waals surface area contributed by atoms with Crippen LogP contribution < -0.4 is 4.74 Å².